The van der Waals surface area contributed by atoms with E-state index in [1.54, 1.807) is 4.68 Å². The molecule has 2 aromatic carbocycles. The number of nitrogens with one attached hydrogen (secondary N) is 1. The molecule has 0 saturated carbocycles. The molecular formula is C21H18ClN5OS. The second kappa shape index (κ2) is 8.14. The predicted octanol–water partition coefficient (Wildman–Crippen LogP) is 4.59. The number of thiazole rings is 1. The maximum atomic E-state index is 12.6. The molecule has 0 unspecified atom stereocenters. The second-order valence-corrected chi connectivity index (χ2v) is 7.95. The van der Waals surface area contributed by atoms with Gasteiger partial charge in [-0.1, -0.05) is 53.2 Å². The quantitative estimate of drug-likeness (QED) is 0.509. The van der Waals surface area contributed by atoms with Gasteiger partial charge in [0, 0.05) is 11.6 Å². The molecule has 29 heavy (non-hydrogen) atoms. The first-order chi connectivity index (χ1) is 14.0. The number of aromatic nitrogens is 4. The third-order valence-electron chi connectivity index (χ3n) is 4.45. The largest absolute Gasteiger partial charge is 0.347 e. The molecule has 0 bridgehead atoms. The summed E-state index contributed by atoms with van der Waals surface area (Å²) < 4.78 is 1.72. The van der Waals surface area contributed by atoms with Crippen molar-refractivity contribution in [2.75, 3.05) is 0 Å². The first-order valence-corrected chi connectivity index (χ1v) is 10.2. The van der Waals surface area contributed by atoms with Gasteiger partial charge in [-0.3, -0.25) is 4.79 Å². The van der Waals surface area contributed by atoms with Crippen LogP contribution in [-0.4, -0.2) is 25.9 Å². The minimum Gasteiger partial charge on any atom is -0.347 e. The van der Waals surface area contributed by atoms with Crippen LogP contribution in [0.15, 0.2) is 54.6 Å². The van der Waals surface area contributed by atoms with Crippen LogP contribution in [0.4, 0.5) is 0 Å². The van der Waals surface area contributed by atoms with Gasteiger partial charge in [-0.05, 0) is 37.6 Å². The lowest BCUT2D eigenvalue weighted by Crippen LogP contribution is -2.22. The van der Waals surface area contributed by atoms with E-state index >= 15 is 0 Å². The summed E-state index contributed by atoms with van der Waals surface area (Å²) in [5, 5.41) is 12.8. The fraction of sp³-hybridized carbons (Fsp3) is 0.143. The number of halogens is 1. The van der Waals surface area contributed by atoms with E-state index in [4.69, 9.17) is 11.6 Å². The van der Waals surface area contributed by atoms with E-state index < -0.39 is 0 Å². The van der Waals surface area contributed by atoms with E-state index in [9.17, 15) is 4.79 Å². The van der Waals surface area contributed by atoms with Crippen molar-refractivity contribution in [2.24, 2.45) is 0 Å². The van der Waals surface area contributed by atoms with Crippen LogP contribution in [0.3, 0.4) is 0 Å². The summed E-state index contributed by atoms with van der Waals surface area (Å²) >= 11 is 7.40. The third-order valence-corrected chi connectivity index (χ3v) is 5.85. The molecule has 2 aromatic heterocycles. The van der Waals surface area contributed by atoms with Crippen molar-refractivity contribution in [3.63, 3.8) is 0 Å². The van der Waals surface area contributed by atoms with Crippen LogP contribution in [0.5, 0.6) is 0 Å². The van der Waals surface area contributed by atoms with E-state index in [0.29, 0.717) is 32.8 Å². The first-order valence-electron chi connectivity index (χ1n) is 9.01. The topological polar surface area (TPSA) is 72.7 Å². The van der Waals surface area contributed by atoms with Gasteiger partial charge in [0.1, 0.15) is 15.6 Å². The number of amides is 1. The van der Waals surface area contributed by atoms with Crippen molar-refractivity contribution in [2.45, 2.75) is 20.4 Å². The van der Waals surface area contributed by atoms with Crippen LogP contribution in [0.25, 0.3) is 16.4 Å². The molecule has 0 fully saturated rings. The zero-order valence-corrected chi connectivity index (χ0v) is 17.5. The fourth-order valence-corrected chi connectivity index (χ4v) is 4.15. The van der Waals surface area contributed by atoms with Gasteiger partial charge in [0.2, 0.25) is 0 Å². The van der Waals surface area contributed by atoms with Crippen molar-refractivity contribution < 1.29 is 4.79 Å². The monoisotopic (exact) mass is 423 g/mol. The summed E-state index contributed by atoms with van der Waals surface area (Å²) in [7, 11) is 0. The zero-order valence-electron chi connectivity index (χ0n) is 15.9. The number of nitrogens with zero attached hydrogens (tertiary/aromatic N) is 4. The van der Waals surface area contributed by atoms with Crippen molar-refractivity contribution in [1.82, 2.24) is 25.3 Å². The molecular weight excluding hydrogens is 406 g/mol. The highest BCUT2D eigenvalue weighted by Gasteiger charge is 2.20. The number of benzene rings is 2. The lowest BCUT2D eigenvalue weighted by Gasteiger charge is -2.04. The first kappa shape index (κ1) is 19.3. The van der Waals surface area contributed by atoms with Crippen LogP contribution in [0.1, 0.15) is 26.6 Å². The Morgan fingerprint density at radius 1 is 1.14 bits per heavy atom. The van der Waals surface area contributed by atoms with Crippen LogP contribution < -0.4 is 5.32 Å². The molecule has 0 atom stereocenters. The fourth-order valence-electron chi connectivity index (χ4n) is 2.95. The molecule has 0 saturated heterocycles. The molecule has 8 heteroatoms. The van der Waals surface area contributed by atoms with Crippen LogP contribution >= 0.6 is 22.9 Å². The summed E-state index contributed by atoms with van der Waals surface area (Å²) in [5.41, 5.74) is 4.02. The Labute approximate surface area is 177 Å². The van der Waals surface area contributed by atoms with Gasteiger partial charge in [0.15, 0.2) is 0 Å². The van der Waals surface area contributed by atoms with Gasteiger partial charge in [-0.2, -0.15) is 0 Å². The molecule has 0 spiro atoms. The van der Waals surface area contributed by atoms with Crippen LogP contribution in [0, 0.1) is 13.8 Å². The number of carbonyl (C=O) groups is 1. The molecule has 6 nitrogen and oxygen atoms in total. The van der Waals surface area contributed by atoms with Gasteiger partial charge in [0.05, 0.1) is 17.1 Å². The van der Waals surface area contributed by atoms with Gasteiger partial charge in [-0.25, -0.2) is 9.67 Å². The Hall–Kier alpha value is -3.03. The zero-order chi connectivity index (χ0) is 20.4. The molecule has 4 rings (SSSR count). The lowest BCUT2D eigenvalue weighted by molar-refractivity contribution is 0.0954. The molecule has 1 N–H and O–H groups in total. The molecule has 0 aliphatic heterocycles. The summed E-state index contributed by atoms with van der Waals surface area (Å²) in [6.07, 6.45) is 0. The van der Waals surface area contributed by atoms with Gasteiger partial charge in [0.25, 0.3) is 5.91 Å². The van der Waals surface area contributed by atoms with E-state index in [-0.39, 0.29) is 5.91 Å². The molecule has 0 aliphatic rings. The number of rotatable bonds is 5. The Kier molecular flexibility index (Phi) is 5.42. The molecule has 0 aliphatic carbocycles. The minimum absolute atomic E-state index is 0.144. The van der Waals surface area contributed by atoms with Crippen molar-refractivity contribution in [3.05, 3.63) is 81.4 Å². The van der Waals surface area contributed by atoms with Crippen LogP contribution in [-0.2, 0) is 6.54 Å². The van der Waals surface area contributed by atoms with Crippen LogP contribution in [0.2, 0.25) is 5.02 Å². The maximum absolute atomic E-state index is 12.6. The molecule has 0 radical (unpaired) electrons. The molecule has 1 amide bonds. The summed E-state index contributed by atoms with van der Waals surface area (Å²) in [5.74, 6) is -0.144. The Morgan fingerprint density at radius 2 is 1.93 bits per heavy atom. The number of carbonyl (C=O) groups excluding carboxylic acids is 1. The Morgan fingerprint density at radius 3 is 2.69 bits per heavy atom. The lowest BCUT2D eigenvalue weighted by atomic mass is 10.2. The molecule has 146 valence electrons. The average Bonchev–Trinajstić information content (AvgIpc) is 3.29. The van der Waals surface area contributed by atoms with E-state index in [1.807, 2.05) is 68.4 Å². The molecule has 4 aromatic rings. The smallest absolute Gasteiger partial charge is 0.263 e. The Balaban J connectivity index is 1.57. The standard InChI is InChI=1S/C21H18ClN5OS/c1-13-19(20(28)23-12-15-7-4-3-5-8-15)29-21(24-13)18-14(2)27(26-25-18)17-10-6-9-16(22)11-17/h3-11H,12H2,1-2H3,(H,23,28). The molecule has 2 heterocycles. The average molecular weight is 424 g/mol. The number of hydrogen-bond acceptors (Lipinski definition) is 5. The highest BCUT2D eigenvalue weighted by Crippen LogP contribution is 2.29. The maximum Gasteiger partial charge on any atom is 0.263 e. The Bertz CT molecular complexity index is 1170. The number of aryl methyl sites for hydroxylation is 1. The highest BCUT2D eigenvalue weighted by atomic mass is 35.5. The minimum atomic E-state index is -0.144. The highest BCUT2D eigenvalue weighted by molar-refractivity contribution is 7.17. The summed E-state index contributed by atoms with van der Waals surface area (Å²) in [4.78, 5) is 17.8. The van der Waals surface area contributed by atoms with Gasteiger partial charge < -0.3 is 5.32 Å². The van der Waals surface area contributed by atoms with Crippen molar-refractivity contribution in [3.8, 4) is 16.4 Å². The predicted molar refractivity (Wildman–Crippen MR) is 115 cm³/mol. The van der Waals surface area contributed by atoms with E-state index in [0.717, 1.165) is 16.9 Å². The normalized spacial score (nSPS) is 10.9. The van der Waals surface area contributed by atoms with Gasteiger partial charge in [-0.15, -0.1) is 16.4 Å². The van der Waals surface area contributed by atoms with Crippen molar-refractivity contribution in [1.29, 1.82) is 0 Å². The second-order valence-electron chi connectivity index (χ2n) is 6.52. The van der Waals surface area contributed by atoms with E-state index in [2.05, 4.69) is 20.6 Å². The SMILES string of the molecule is Cc1nc(-c2nnn(-c3cccc(Cl)c3)c2C)sc1C(=O)NCc1ccccc1. The number of hydrogen-bond donors (Lipinski definition) is 1. The van der Waals surface area contributed by atoms with Gasteiger partial charge >= 0.3 is 0 Å². The summed E-state index contributed by atoms with van der Waals surface area (Å²) in [6, 6.07) is 17.2. The van der Waals surface area contributed by atoms with E-state index in [1.165, 1.54) is 11.3 Å². The summed E-state index contributed by atoms with van der Waals surface area (Å²) in [6.45, 7) is 4.21. The van der Waals surface area contributed by atoms with Crippen molar-refractivity contribution >= 4 is 28.8 Å². The third kappa shape index (κ3) is 4.06.